The number of carbonyl (C=O) groups is 2. The van der Waals surface area contributed by atoms with Crippen LogP contribution < -0.4 is 24.4 Å². The average Bonchev–Trinajstić information content (AvgIpc) is 3.17. The van der Waals surface area contributed by atoms with E-state index in [4.69, 9.17) is 14.2 Å². The van der Waals surface area contributed by atoms with Crippen LogP contribution in [0.25, 0.3) is 6.08 Å². The van der Waals surface area contributed by atoms with E-state index in [9.17, 15) is 14.4 Å². The molecule has 1 atom stereocenters. The number of ether oxygens (including phenoxy) is 3. The van der Waals surface area contributed by atoms with Crippen LogP contribution in [0.5, 0.6) is 11.5 Å². The molecule has 2 aromatic carbocycles. The van der Waals surface area contributed by atoms with Gasteiger partial charge in [-0.3, -0.25) is 14.2 Å². The number of fused-ring (bicyclic) bond motifs is 1. The van der Waals surface area contributed by atoms with Gasteiger partial charge in [0.15, 0.2) is 16.3 Å². The average molecular weight is 535 g/mol. The summed E-state index contributed by atoms with van der Waals surface area (Å²) in [6.07, 6.45) is 1.83. The van der Waals surface area contributed by atoms with E-state index in [-0.39, 0.29) is 23.5 Å². The molecule has 0 N–H and O–H groups in total. The van der Waals surface area contributed by atoms with Crippen LogP contribution in [0, 0.1) is 0 Å². The van der Waals surface area contributed by atoms with Crippen LogP contribution in [0.15, 0.2) is 63.5 Å². The van der Waals surface area contributed by atoms with Gasteiger partial charge in [-0.2, -0.15) is 0 Å². The van der Waals surface area contributed by atoms with E-state index in [0.717, 1.165) is 5.56 Å². The molecular weight excluding hydrogens is 504 g/mol. The molecular formula is C29H30N2O6S. The molecule has 1 aliphatic heterocycles. The van der Waals surface area contributed by atoms with E-state index in [0.29, 0.717) is 32.3 Å². The van der Waals surface area contributed by atoms with Gasteiger partial charge in [0, 0.05) is 6.92 Å². The Morgan fingerprint density at radius 3 is 2.45 bits per heavy atom. The molecule has 0 saturated carbocycles. The summed E-state index contributed by atoms with van der Waals surface area (Å²) in [5.41, 5.74) is 3.14. The Hall–Kier alpha value is -3.98. The van der Waals surface area contributed by atoms with Gasteiger partial charge < -0.3 is 14.2 Å². The van der Waals surface area contributed by atoms with E-state index >= 15 is 0 Å². The SMILES string of the molecule is CCOC(=O)C1=C(C)N=c2s/c(=C/c3ccc(C(C)C)cc3)c(=O)n2[C@H]1c1ccc(OC(C)=O)c(OC)c1. The van der Waals surface area contributed by atoms with Crippen LogP contribution in [0.2, 0.25) is 0 Å². The second-order valence-electron chi connectivity index (χ2n) is 9.13. The zero-order valence-electron chi connectivity index (χ0n) is 22.2. The number of hydrogen-bond acceptors (Lipinski definition) is 8. The Morgan fingerprint density at radius 2 is 1.84 bits per heavy atom. The topological polar surface area (TPSA) is 96.2 Å². The van der Waals surface area contributed by atoms with Gasteiger partial charge in [0.1, 0.15) is 0 Å². The van der Waals surface area contributed by atoms with Gasteiger partial charge in [-0.25, -0.2) is 9.79 Å². The number of thiazole rings is 1. The first-order chi connectivity index (χ1) is 18.1. The molecule has 4 rings (SSSR count). The molecule has 0 amide bonds. The van der Waals surface area contributed by atoms with E-state index in [2.05, 4.69) is 31.0 Å². The van der Waals surface area contributed by atoms with Gasteiger partial charge in [0.25, 0.3) is 5.56 Å². The van der Waals surface area contributed by atoms with Crippen LogP contribution in [-0.4, -0.2) is 30.2 Å². The van der Waals surface area contributed by atoms with E-state index in [1.165, 1.54) is 35.5 Å². The molecule has 1 aliphatic rings. The molecule has 0 spiro atoms. The minimum absolute atomic E-state index is 0.174. The van der Waals surface area contributed by atoms with Gasteiger partial charge >= 0.3 is 11.9 Å². The van der Waals surface area contributed by atoms with Crippen LogP contribution in [0.4, 0.5) is 0 Å². The summed E-state index contributed by atoms with van der Waals surface area (Å²) in [7, 11) is 1.45. The normalized spacial score (nSPS) is 15.2. The molecule has 0 bridgehead atoms. The Bertz CT molecular complexity index is 1600. The number of aromatic nitrogens is 1. The zero-order valence-corrected chi connectivity index (χ0v) is 23.0. The summed E-state index contributed by atoms with van der Waals surface area (Å²) in [6, 6.07) is 12.2. The molecule has 3 aromatic rings. The Kier molecular flexibility index (Phi) is 7.97. The number of carbonyl (C=O) groups excluding carboxylic acids is 2. The summed E-state index contributed by atoms with van der Waals surface area (Å²) >= 11 is 1.26. The number of esters is 2. The molecule has 8 nitrogen and oxygen atoms in total. The molecule has 2 heterocycles. The molecule has 38 heavy (non-hydrogen) atoms. The van der Waals surface area contributed by atoms with Crippen LogP contribution in [0.1, 0.15) is 63.3 Å². The smallest absolute Gasteiger partial charge is 0.338 e. The van der Waals surface area contributed by atoms with E-state index in [1.807, 2.05) is 18.2 Å². The Morgan fingerprint density at radius 1 is 1.13 bits per heavy atom. The van der Waals surface area contributed by atoms with Crippen molar-refractivity contribution in [2.75, 3.05) is 13.7 Å². The summed E-state index contributed by atoms with van der Waals surface area (Å²) in [6.45, 7) is 9.18. The second kappa shape index (κ2) is 11.2. The number of allylic oxidation sites excluding steroid dienone is 1. The lowest BCUT2D eigenvalue weighted by atomic mass is 9.95. The fourth-order valence-electron chi connectivity index (χ4n) is 4.33. The van der Waals surface area contributed by atoms with Crippen molar-refractivity contribution in [3.05, 3.63) is 90.1 Å². The monoisotopic (exact) mass is 534 g/mol. The van der Waals surface area contributed by atoms with E-state index < -0.39 is 18.0 Å². The lowest BCUT2D eigenvalue weighted by molar-refractivity contribution is -0.139. The minimum atomic E-state index is -0.809. The summed E-state index contributed by atoms with van der Waals surface area (Å²) in [5, 5.41) is 0. The largest absolute Gasteiger partial charge is 0.493 e. The van der Waals surface area contributed by atoms with Gasteiger partial charge in [-0.1, -0.05) is 55.5 Å². The molecule has 1 aromatic heterocycles. The Labute approximate surface area is 224 Å². The number of hydrogen-bond donors (Lipinski definition) is 0. The highest BCUT2D eigenvalue weighted by Crippen LogP contribution is 2.36. The standard InChI is InChI=1S/C29H30N2O6S/c1-7-36-28(34)25-17(4)30-29-31(26(25)21-12-13-22(37-18(5)32)23(15-21)35-6)27(33)24(38-29)14-19-8-10-20(11-9-19)16(2)3/h8-16,26H,7H2,1-6H3/b24-14+/t26-/m0/s1. The van der Waals surface area contributed by atoms with Gasteiger partial charge in [0.05, 0.1) is 35.6 Å². The maximum Gasteiger partial charge on any atom is 0.338 e. The van der Waals surface area contributed by atoms with Gasteiger partial charge in [-0.05, 0) is 54.7 Å². The van der Waals surface area contributed by atoms with Crippen molar-refractivity contribution < 1.29 is 23.8 Å². The third-order valence-electron chi connectivity index (χ3n) is 6.18. The van der Waals surface area contributed by atoms with Crippen LogP contribution >= 0.6 is 11.3 Å². The molecule has 0 unspecified atom stereocenters. The molecule has 9 heteroatoms. The minimum Gasteiger partial charge on any atom is -0.493 e. The molecule has 0 radical (unpaired) electrons. The molecule has 0 saturated heterocycles. The predicted octanol–water partition coefficient (Wildman–Crippen LogP) is 3.86. The van der Waals surface area contributed by atoms with Crippen molar-refractivity contribution in [1.29, 1.82) is 0 Å². The first kappa shape index (κ1) is 27.1. The van der Waals surface area contributed by atoms with Crippen molar-refractivity contribution in [2.24, 2.45) is 4.99 Å². The summed E-state index contributed by atoms with van der Waals surface area (Å²) < 4.78 is 18.0. The van der Waals surface area contributed by atoms with E-state index in [1.54, 1.807) is 32.0 Å². The molecule has 0 aliphatic carbocycles. The first-order valence-corrected chi connectivity index (χ1v) is 13.1. The first-order valence-electron chi connectivity index (χ1n) is 12.3. The second-order valence-corrected chi connectivity index (χ2v) is 10.1. The fraction of sp³-hybridized carbons (Fsp3) is 0.310. The van der Waals surface area contributed by atoms with Crippen LogP contribution in [-0.2, 0) is 14.3 Å². The van der Waals surface area contributed by atoms with Crippen molar-refractivity contribution in [1.82, 2.24) is 4.57 Å². The number of methoxy groups -OCH3 is 1. The predicted molar refractivity (Wildman–Crippen MR) is 145 cm³/mol. The number of nitrogens with zero attached hydrogens (tertiary/aromatic N) is 2. The fourth-order valence-corrected chi connectivity index (χ4v) is 5.38. The zero-order chi connectivity index (χ0) is 27.6. The highest BCUT2D eigenvalue weighted by molar-refractivity contribution is 7.07. The maximum atomic E-state index is 13.8. The maximum absolute atomic E-state index is 13.8. The lowest BCUT2D eigenvalue weighted by Gasteiger charge is -2.25. The molecule has 0 fully saturated rings. The molecule has 198 valence electrons. The highest BCUT2D eigenvalue weighted by Gasteiger charge is 2.34. The van der Waals surface area contributed by atoms with Crippen molar-refractivity contribution in [2.45, 2.75) is 46.6 Å². The quantitative estimate of drug-likeness (QED) is 0.338. The number of benzene rings is 2. The van der Waals surface area contributed by atoms with Gasteiger partial charge in [-0.15, -0.1) is 0 Å². The number of rotatable bonds is 7. The third-order valence-corrected chi connectivity index (χ3v) is 7.16. The van der Waals surface area contributed by atoms with Crippen LogP contribution in [0.3, 0.4) is 0 Å². The summed E-state index contributed by atoms with van der Waals surface area (Å²) in [4.78, 5) is 43.5. The van der Waals surface area contributed by atoms with Gasteiger partial charge in [0.2, 0.25) is 0 Å². The van der Waals surface area contributed by atoms with Crippen molar-refractivity contribution in [3.8, 4) is 11.5 Å². The summed E-state index contributed by atoms with van der Waals surface area (Å²) in [5.74, 6) is -0.112. The highest BCUT2D eigenvalue weighted by atomic mass is 32.1. The lowest BCUT2D eigenvalue weighted by Crippen LogP contribution is -2.40. The van der Waals surface area contributed by atoms with Crippen molar-refractivity contribution >= 4 is 29.4 Å². The van der Waals surface area contributed by atoms with Crippen molar-refractivity contribution in [3.63, 3.8) is 0 Å². The third kappa shape index (κ3) is 5.33. The Balaban J connectivity index is 1.91.